The molecule has 1 heterocycles. The standard InChI is InChI=1S/C13H9IO3/c14-9-5-8(7-15)6-12-13(9)17-11-4-2-1-3-10(11)16-12/h1-6,15H,7H2. The molecule has 3 nitrogen and oxygen atoms in total. The van der Waals surface area contributed by atoms with Crippen LogP contribution in [0.4, 0.5) is 0 Å². The summed E-state index contributed by atoms with van der Waals surface area (Å²) >= 11 is 2.17. The van der Waals surface area contributed by atoms with E-state index in [-0.39, 0.29) is 6.61 Å². The molecular formula is C13H9IO3. The Labute approximate surface area is 112 Å². The fourth-order valence-electron chi connectivity index (χ4n) is 1.73. The number of hydrogen-bond acceptors (Lipinski definition) is 3. The highest BCUT2D eigenvalue weighted by molar-refractivity contribution is 14.1. The molecule has 0 bridgehead atoms. The number of rotatable bonds is 1. The maximum atomic E-state index is 9.16. The van der Waals surface area contributed by atoms with Gasteiger partial charge in [-0.15, -0.1) is 0 Å². The summed E-state index contributed by atoms with van der Waals surface area (Å²) in [5.41, 5.74) is 0.816. The van der Waals surface area contributed by atoms with Crippen molar-refractivity contribution in [3.05, 3.63) is 45.5 Å². The molecule has 0 spiro atoms. The first-order valence-electron chi connectivity index (χ1n) is 5.16. The number of benzene rings is 2. The SMILES string of the molecule is OCc1cc(I)c2c(c1)Oc1ccccc1O2. The van der Waals surface area contributed by atoms with Crippen LogP contribution >= 0.6 is 22.6 Å². The molecule has 0 radical (unpaired) electrons. The minimum Gasteiger partial charge on any atom is -0.449 e. The lowest BCUT2D eigenvalue weighted by atomic mass is 10.2. The topological polar surface area (TPSA) is 38.7 Å². The summed E-state index contributed by atoms with van der Waals surface area (Å²) in [4.78, 5) is 0. The lowest BCUT2D eigenvalue weighted by Crippen LogP contribution is -2.01. The number of para-hydroxylation sites is 2. The normalized spacial score (nSPS) is 12.1. The fourth-order valence-corrected chi connectivity index (χ4v) is 2.51. The van der Waals surface area contributed by atoms with Crippen LogP contribution in [0.25, 0.3) is 0 Å². The summed E-state index contributed by atoms with van der Waals surface area (Å²) in [6.07, 6.45) is 0. The van der Waals surface area contributed by atoms with Gasteiger partial charge in [0.1, 0.15) is 0 Å². The van der Waals surface area contributed by atoms with Crippen LogP contribution in [0.2, 0.25) is 0 Å². The van der Waals surface area contributed by atoms with Gasteiger partial charge in [-0.3, -0.25) is 0 Å². The van der Waals surface area contributed by atoms with Crippen LogP contribution in [0.15, 0.2) is 36.4 Å². The van der Waals surface area contributed by atoms with Crippen LogP contribution in [0, 0.1) is 3.57 Å². The summed E-state index contributed by atoms with van der Waals surface area (Å²) in [5, 5.41) is 9.16. The van der Waals surface area contributed by atoms with Crippen LogP contribution in [0.1, 0.15) is 5.56 Å². The summed E-state index contributed by atoms with van der Waals surface area (Å²) in [6, 6.07) is 11.2. The van der Waals surface area contributed by atoms with Crippen molar-refractivity contribution in [1.82, 2.24) is 0 Å². The monoisotopic (exact) mass is 340 g/mol. The van der Waals surface area contributed by atoms with Crippen molar-refractivity contribution in [2.45, 2.75) is 6.61 Å². The molecule has 0 atom stereocenters. The molecule has 0 saturated carbocycles. The predicted molar refractivity (Wildman–Crippen MR) is 71.7 cm³/mol. The van der Waals surface area contributed by atoms with E-state index in [1.807, 2.05) is 30.3 Å². The summed E-state index contributed by atoms with van der Waals surface area (Å²) in [7, 11) is 0. The molecule has 86 valence electrons. The Hall–Kier alpha value is -1.27. The van der Waals surface area contributed by atoms with Crippen molar-refractivity contribution in [3.8, 4) is 23.0 Å². The zero-order valence-corrected chi connectivity index (χ0v) is 11.0. The van der Waals surface area contributed by atoms with Gasteiger partial charge in [0.05, 0.1) is 10.2 Å². The first-order valence-corrected chi connectivity index (χ1v) is 6.24. The molecule has 0 aliphatic carbocycles. The number of halogens is 1. The average molecular weight is 340 g/mol. The van der Waals surface area contributed by atoms with Crippen LogP contribution in [-0.4, -0.2) is 5.11 Å². The molecule has 3 rings (SSSR count). The van der Waals surface area contributed by atoms with Crippen molar-refractivity contribution in [1.29, 1.82) is 0 Å². The lowest BCUT2D eigenvalue weighted by molar-refractivity contribution is 0.280. The third-order valence-electron chi connectivity index (χ3n) is 2.53. The lowest BCUT2D eigenvalue weighted by Gasteiger charge is -2.21. The Morgan fingerprint density at radius 2 is 1.71 bits per heavy atom. The van der Waals surface area contributed by atoms with Crippen LogP contribution in [0.3, 0.4) is 0 Å². The summed E-state index contributed by atoms with van der Waals surface area (Å²) in [5.74, 6) is 2.78. The van der Waals surface area contributed by atoms with E-state index in [1.165, 1.54) is 0 Å². The number of hydrogen-bond donors (Lipinski definition) is 1. The second-order valence-corrected chi connectivity index (χ2v) is 4.88. The molecule has 1 aliphatic heterocycles. The van der Waals surface area contributed by atoms with E-state index in [9.17, 15) is 0 Å². The Bertz CT molecular complexity index is 581. The maximum Gasteiger partial charge on any atom is 0.183 e. The molecule has 0 aromatic heterocycles. The molecular weight excluding hydrogens is 331 g/mol. The van der Waals surface area contributed by atoms with Gasteiger partial charge in [0, 0.05) is 0 Å². The van der Waals surface area contributed by atoms with Gasteiger partial charge in [0.2, 0.25) is 0 Å². The van der Waals surface area contributed by atoms with E-state index in [0.29, 0.717) is 17.2 Å². The molecule has 2 aromatic carbocycles. The number of ether oxygens (including phenoxy) is 2. The minimum absolute atomic E-state index is 0.00567. The maximum absolute atomic E-state index is 9.16. The Balaban J connectivity index is 2.11. The van der Waals surface area contributed by atoms with Crippen LogP contribution in [-0.2, 0) is 6.61 Å². The Morgan fingerprint density at radius 3 is 2.41 bits per heavy atom. The molecule has 1 aliphatic rings. The average Bonchev–Trinajstić information content (AvgIpc) is 2.36. The van der Waals surface area contributed by atoms with Gasteiger partial charge in [-0.05, 0) is 52.4 Å². The zero-order chi connectivity index (χ0) is 11.8. The van der Waals surface area contributed by atoms with Gasteiger partial charge in [0.25, 0.3) is 0 Å². The molecule has 2 aromatic rings. The van der Waals surface area contributed by atoms with Crippen LogP contribution in [0.5, 0.6) is 23.0 Å². The van der Waals surface area contributed by atoms with E-state index < -0.39 is 0 Å². The molecule has 0 saturated heterocycles. The Morgan fingerprint density at radius 1 is 1.00 bits per heavy atom. The molecule has 0 fully saturated rings. The van der Waals surface area contributed by atoms with E-state index in [1.54, 1.807) is 6.07 Å². The van der Waals surface area contributed by atoms with Crippen molar-refractivity contribution in [2.75, 3.05) is 0 Å². The van der Waals surface area contributed by atoms with E-state index in [2.05, 4.69) is 22.6 Å². The molecule has 1 N–H and O–H groups in total. The number of fused-ring (bicyclic) bond motifs is 2. The first-order chi connectivity index (χ1) is 8.28. The van der Waals surface area contributed by atoms with Crippen molar-refractivity contribution < 1.29 is 14.6 Å². The smallest absolute Gasteiger partial charge is 0.183 e. The predicted octanol–water partition coefficient (Wildman–Crippen LogP) is 3.68. The quantitative estimate of drug-likeness (QED) is 0.687. The van der Waals surface area contributed by atoms with E-state index in [0.717, 1.165) is 14.9 Å². The largest absolute Gasteiger partial charge is 0.449 e. The van der Waals surface area contributed by atoms with E-state index >= 15 is 0 Å². The fraction of sp³-hybridized carbons (Fsp3) is 0.0769. The van der Waals surface area contributed by atoms with Gasteiger partial charge < -0.3 is 14.6 Å². The van der Waals surface area contributed by atoms with Gasteiger partial charge in [0.15, 0.2) is 23.0 Å². The highest BCUT2D eigenvalue weighted by Gasteiger charge is 2.21. The molecule has 0 unspecified atom stereocenters. The number of aliphatic hydroxyl groups excluding tert-OH is 1. The third-order valence-corrected chi connectivity index (χ3v) is 3.33. The Kier molecular flexibility index (Phi) is 2.68. The van der Waals surface area contributed by atoms with Crippen LogP contribution < -0.4 is 9.47 Å². The summed E-state index contributed by atoms with van der Waals surface area (Å²) in [6.45, 7) is -0.00567. The van der Waals surface area contributed by atoms with Gasteiger partial charge in [-0.2, -0.15) is 0 Å². The highest BCUT2D eigenvalue weighted by Crippen LogP contribution is 2.47. The van der Waals surface area contributed by atoms with Gasteiger partial charge in [-0.1, -0.05) is 12.1 Å². The van der Waals surface area contributed by atoms with Crippen molar-refractivity contribution >= 4 is 22.6 Å². The van der Waals surface area contributed by atoms with Crippen molar-refractivity contribution in [2.24, 2.45) is 0 Å². The molecule has 4 heteroatoms. The highest BCUT2D eigenvalue weighted by atomic mass is 127. The van der Waals surface area contributed by atoms with Gasteiger partial charge in [-0.25, -0.2) is 0 Å². The van der Waals surface area contributed by atoms with Gasteiger partial charge >= 0.3 is 0 Å². The second-order valence-electron chi connectivity index (χ2n) is 3.71. The third kappa shape index (κ3) is 1.87. The summed E-state index contributed by atoms with van der Waals surface area (Å²) < 4.78 is 12.5. The van der Waals surface area contributed by atoms with E-state index in [4.69, 9.17) is 14.6 Å². The number of aliphatic hydroxyl groups is 1. The first kappa shape index (κ1) is 10.9. The zero-order valence-electron chi connectivity index (χ0n) is 8.81. The minimum atomic E-state index is -0.00567. The second kappa shape index (κ2) is 4.19. The van der Waals surface area contributed by atoms with Crippen molar-refractivity contribution in [3.63, 3.8) is 0 Å². The molecule has 17 heavy (non-hydrogen) atoms. The molecule has 0 amide bonds.